The molecule has 4 rings (SSSR count). The summed E-state index contributed by atoms with van der Waals surface area (Å²) in [5.41, 5.74) is 4.35. The fourth-order valence-corrected chi connectivity index (χ4v) is 3.91. The molecule has 0 saturated carbocycles. The Morgan fingerprint density at radius 3 is 2.12 bits per heavy atom. The number of hydrogen-bond acceptors (Lipinski definition) is 2. The Labute approximate surface area is 171 Å². The number of halogens is 3. The molecule has 2 nitrogen and oxygen atoms in total. The predicted octanol–water partition coefficient (Wildman–Crippen LogP) is 7.11. The van der Waals surface area contributed by atoms with Gasteiger partial charge in [0.2, 0.25) is 0 Å². The molecular weight excluding hydrogens is 431 g/mol. The monoisotopic (exact) mass is 444 g/mol. The molecule has 0 aliphatic carbocycles. The topological polar surface area (TPSA) is 15.6 Å². The second kappa shape index (κ2) is 7.43. The van der Waals surface area contributed by atoms with Gasteiger partial charge in [0.05, 0.1) is 17.4 Å². The standard InChI is InChI=1S/C21H15BrCl2N2/c22-19-4-2-1-3-18(19)20-13-21(14-5-7-15(23)8-6-14)26(25-20)17-11-9-16(24)10-12-17/h1-12,21H,13H2. The molecule has 3 aromatic rings. The molecule has 1 atom stereocenters. The molecular formula is C21H15BrCl2N2. The molecule has 1 aliphatic heterocycles. The van der Waals surface area contributed by atoms with Crippen LogP contribution in [0, 0.1) is 0 Å². The number of nitrogens with zero attached hydrogens (tertiary/aromatic N) is 2. The van der Waals surface area contributed by atoms with Crippen LogP contribution in [0.5, 0.6) is 0 Å². The van der Waals surface area contributed by atoms with E-state index in [-0.39, 0.29) is 6.04 Å². The third-order valence-corrected chi connectivity index (χ3v) is 5.64. The Bertz CT molecular complexity index is 953. The molecule has 0 saturated heterocycles. The van der Waals surface area contributed by atoms with E-state index in [2.05, 4.69) is 39.1 Å². The van der Waals surface area contributed by atoms with Crippen LogP contribution in [0.25, 0.3) is 0 Å². The minimum atomic E-state index is 0.107. The van der Waals surface area contributed by atoms with Gasteiger partial charge in [-0.05, 0) is 48.0 Å². The van der Waals surface area contributed by atoms with Crippen molar-refractivity contribution in [3.05, 3.63) is 98.4 Å². The van der Waals surface area contributed by atoms with Gasteiger partial charge < -0.3 is 0 Å². The molecule has 0 bridgehead atoms. The minimum Gasteiger partial charge on any atom is -0.257 e. The highest BCUT2D eigenvalue weighted by Gasteiger charge is 2.30. The summed E-state index contributed by atoms with van der Waals surface area (Å²) in [6, 6.07) is 24.0. The van der Waals surface area contributed by atoms with Crippen LogP contribution in [-0.2, 0) is 0 Å². The molecule has 0 aromatic heterocycles. The Hall–Kier alpha value is -1.81. The van der Waals surface area contributed by atoms with Crippen molar-refractivity contribution in [3.8, 4) is 0 Å². The van der Waals surface area contributed by atoms with Crippen molar-refractivity contribution in [2.75, 3.05) is 5.01 Å². The summed E-state index contributed by atoms with van der Waals surface area (Å²) >= 11 is 15.8. The lowest BCUT2D eigenvalue weighted by atomic mass is 9.98. The Morgan fingerprint density at radius 1 is 0.846 bits per heavy atom. The first-order chi connectivity index (χ1) is 12.6. The van der Waals surface area contributed by atoms with Gasteiger partial charge in [0.15, 0.2) is 0 Å². The largest absolute Gasteiger partial charge is 0.257 e. The maximum absolute atomic E-state index is 6.07. The SMILES string of the molecule is Clc1ccc(C2CC(c3ccccc3Br)=NN2c2ccc(Cl)cc2)cc1. The van der Waals surface area contributed by atoms with Gasteiger partial charge in [-0.2, -0.15) is 5.10 Å². The van der Waals surface area contributed by atoms with E-state index in [4.69, 9.17) is 28.3 Å². The first-order valence-electron chi connectivity index (χ1n) is 8.24. The van der Waals surface area contributed by atoms with Crippen molar-refractivity contribution in [1.29, 1.82) is 0 Å². The van der Waals surface area contributed by atoms with Crippen molar-refractivity contribution >= 4 is 50.5 Å². The number of hydrogen-bond donors (Lipinski definition) is 0. The summed E-state index contributed by atoms with van der Waals surface area (Å²) in [4.78, 5) is 0. The summed E-state index contributed by atoms with van der Waals surface area (Å²) in [5, 5.41) is 8.45. The van der Waals surface area contributed by atoms with Gasteiger partial charge in [-0.1, -0.05) is 69.5 Å². The predicted molar refractivity (Wildman–Crippen MR) is 113 cm³/mol. The molecule has 0 amide bonds. The van der Waals surface area contributed by atoms with Crippen molar-refractivity contribution in [3.63, 3.8) is 0 Å². The second-order valence-electron chi connectivity index (χ2n) is 6.12. The third kappa shape index (κ3) is 3.52. The summed E-state index contributed by atoms with van der Waals surface area (Å²) in [7, 11) is 0. The fourth-order valence-electron chi connectivity index (χ4n) is 3.14. The summed E-state index contributed by atoms with van der Waals surface area (Å²) < 4.78 is 1.05. The highest BCUT2D eigenvalue weighted by molar-refractivity contribution is 9.10. The van der Waals surface area contributed by atoms with Gasteiger partial charge in [0, 0.05) is 26.5 Å². The van der Waals surface area contributed by atoms with Crippen LogP contribution in [0.2, 0.25) is 10.0 Å². The molecule has 26 heavy (non-hydrogen) atoms. The molecule has 0 fully saturated rings. The highest BCUT2D eigenvalue weighted by atomic mass is 79.9. The first kappa shape index (κ1) is 17.6. The van der Waals surface area contributed by atoms with Crippen molar-refractivity contribution in [1.82, 2.24) is 0 Å². The summed E-state index contributed by atoms with van der Waals surface area (Å²) in [5.74, 6) is 0. The van der Waals surface area contributed by atoms with Crippen LogP contribution in [0.3, 0.4) is 0 Å². The van der Waals surface area contributed by atoms with Crippen LogP contribution in [0.15, 0.2) is 82.4 Å². The maximum atomic E-state index is 6.07. The van der Waals surface area contributed by atoms with Crippen LogP contribution < -0.4 is 5.01 Å². The summed E-state index contributed by atoms with van der Waals surface area (Å²) in [6.45, 7) is 0. The molecule has 0 spiro atoms. The van der Waals surface area contributed by atoms with E-state index in [1.54, 1.807) is 0 Å². The van der Waals surface area contributed by atoms with Crippen LogP contribution in [0.4, 0.5) is 5.69 Å². The van der Waals surface area contributed by atoms with Gasteiger partial charge in [0.1, 0.15) is 0 Å². The zero-order valence-corrected chi connectivity index (χ0v) is 16.8. The number of anilines is 1. The second-order valence-corrected chi connectivity index (χ2v) is 7.85. The lowest BCUT2D eigenvalue weighted by Crippen LogP contribution is -2.18. The zero-order valence-electron chi connectivity index (χ0n) is 13.7. The molecule has 1 aliphatic rings. The Morgan fingerprint density at radius 2 is 1.46 bits per heavy atom. The van der Waals surface area contributed by atoms with Crippen LogP contribution >= 0.6 is 39.1 Å². The van der Waals surface area contributed by atoms with E-state index in [0.29, 0.717) is 5.02 Å². The van der Waals surface area contributed by atoms with Gasteiger partial charge in [-0.15, -0.1) is 0 Å². The number of hydrazone groups is 1. The molecule has 5 heteroatoms. The lowest BCUT2D eigenvalue weighted by molar-refractivity contribution is 0.709. The van der Waals surface area contributed by atoms with Gasteiger partial charge >= 0.3 is 0 Å². The van der Waals surface area contributed by atoms with Crippen LogP contribution in [0.1, 0.15) is 23.6 Å². The third-order valence-electron chi connectivity index (χ3n) is 4.44. The fraction of sp³-hybridized carbons (Fsp3) is 0.0952. The van der Waals surface area contributed by atoms with Crippen molar-refractivity contribution in [2.24, 2.45) is 5.10 Å². The number of rotatable bonds is 3. The van der Waals surface area contributed by atoms with Crippen molar-refractivity contribution in [2.45, 2.75) is 12.5 Å². The van der Waals surface area contributed by atoms with E-state index < -0.39 is 0 Å². The van der Waals surface area contributed by atoms with Crippen molar-refractivity contribution < 1.29 is 0 Å². The van der Waals surface area contributed by atoms with Gasteiger partial charge in [0.25, 0.3) is 0 Å². The molecule has 130 valence electrons. The van der Waals surface area contributed by atoms with E-state index in [1.165, 1.54) is 5.56 Å². The smallest absolute Gasteiger partial charge is 0.0831 e. The average molecular weight is 446 g/mol. The normalized spacial score (nSPS) is 16.7. The van der Waals surface area contributed by atoms with E-state index in [0.717, 1.165) is 32.9 Å². The minimum absolute atomic E-state index is 0.107. The molecule has 1 unspecified atom stereocenters. The van der Waals surface area contributed by atoms with E-state index in [1.807, 2.05) is 54.6 Å². The first-order valence-corrected chi connectivity index (χ1v) is 9.79. The number of benzene rings is 3. The summed E-state index contributed by atoms with van der Waals surface area (Å²) in [6.07, 6.45) is 0.812. The van der Waals surface area contributed by atoms with Gasteiger partial charge in [-0.25, -0.2) is 0 Å². The molecule has 3 aromatic carbocycles. The Balaban J connectivity index is 1.77. The average Bonchev–Trinajstić information content (AvgIpc) is 3.08. The maximum Gasteiger partial charge on any atom is 0.0831 e. The molecule has 0 N–H and O–H groups in total. The molecule has 0 radical (unpaired) electrons. The Kier molecular flexibility index (Phi) is 5.03. The zero-order chi connectivity index (χ0) is 18.1. The van der Waals surface area contributed by atoms with Crippen LogP contribution in [-0.4, -0.2) is 5.71 Å². The quantitative estimate of drug-likeness (QED) is 0.419. The van der Waals surface area contributed by atoms with E-state index in [9.17, 15) is 0 Å². The van der Waals surface area contributed by atoms with E-state index >= 15 is 0 Å². The molecule has 1 heterocycles. The van der Waals surface area contributed by atoms with Gasteiger partial charge in [-0.3, -0.25) is 5.01 Å². The highest BCUT2D eigenvalue weighted by Crippen LogP contribution is 2.38. The lowest BCUT2D eigenvalue weighted by Gasteiger charge is -2.24.